The van der Waals surface area contributed by atoms with Gasteiger partial charge in [-0.3, -0.25) is 0 Å². The number of carboxylic acids is 1. The van der Waals surface area contributed by atoms with Gasteiger partial charge in [-0.25, -0.2) is 14.8 Å². The third-order valence-corrected chi connectivity index (χ3v) is 2.38. The molecule has 0 aliphatic carbocycles. The molecule has 94 valence electrons. The Bertz CT molecular complexity index is 360. The number of hydrogen-bond acceptors (Lipinski definition) is 4. The summed E-state index contributed by atoms with van der Waals surface area (Å²) in [6.07, 6.45) is 5.97. The van der Waals surface area contributed by atoms with E-state index in [0.29, 0.717) is 12.1 Å². The molecular formula is C12H19N3O2. The van der Waals surface area contributed by atoms with Gasteiger partial charge in [0.1, 0.15) is 12.4 Å². The molecule has 0 aliphatic rings. The van der Waals surface area contributed by atoms with Crippen molar-refractivity contribution in [1.29, 1.82) is 0 Å². The second-order valence-electron chi connectivity index (χ2n) is 5.26. The van der Waals surface area contributed by atoms with Gasteiger partial charge >= 0.3 is 5.97 Å². The van der Waals surface area contributed by atoms with Gasteiger partial charge in [0.25, 0.3) is 0 Å². The molecule has 2 N–H and O–H groups in total. The summed E-state index contributed by atoms with van der Waals surface area (Å²) in [4.78, 5) is 18.8. The lowest BCUT2D eigenvalue weighted by Crippen LogP contribution is -2.30. The molecule has 0 spiro atoms. The van der Waals surface area contributed by atoms with Crippen molar-refractivity contribution in [2.75, 3.05) is 5.32 Å². The van der Waals surface area contributed by atoms with Crippen LogP contribution in [-0.2, 0) is 4.79 Å². The largest absolute Gasteiger partial charge is 0.480 e. The van der Waals surface area contributed by atoms with E-state index >= 15 is 0 Å². The Kier molecular flexibility index (Phi) is 4.43. The molecule has 1 rings (SSSR count). The second kappa shape index (κ2) is 5.61. The van der Waals surface area contributed by atoms with Crippen LogP contribution in [0.15, 0.2) is 18.7 Å². The predicted molar refractivity (Wildman–Crippen MR) is 65.8 cm³/mol. The molecule has 0 fully saturated rings. The molecule has 0 aromatic carbocycles. The van der Waals surface area contributed by atoms with E-state index in [-0.39, 0.29) is 5.41 Å². The van der Waals surface area contributed by atoms with Crippen molar-refractivity contribution >= 4 is 11.7 Å². The lowest BCUT2D eigenvalue weighted by molar-refractivity contribution is -0.138. The van der Waals surface area contributed by atoms with Crippen LogP contribution < -0.4 is 5.32 Å². The molecule has 1 atom stereocenters. The standard InChI is InChI=1S/C12H19N3O2/c1-12(2,3)5-4-10(11(16)17)15-9-6-13-8-14-7-9/h6-8,10,15H,4-5H2,1-3H3,(H,16,17)/t10-/m0/s1. The van der Waals surface area contributed by atoms with Gasteiger partial charge < -0.3 is 10.4 Å². The molecule has 0 radical (unpaired) electrons. The van der Waals surface area contributed by atoms with Gasteiger partial charge in [-0.1, -0.05) is 20.8 Å². The van der Waals surface area contributed by atoms with Crippen molar-refractivity contribution in [3.05, 3.63) is 18.7 Å². The SMILES string of the molecule is CC(C)(C)CC[C@H](Nc1cncnc1)C(=O)O. The lowest BCUT2D eigenvalue weighted by atomic mass is 9.88. The molecule has 0 aliphatic heterocycles. The molecule has 0 unspecified atom stereocenters. The first kappa shape index (κ1) is 13.4. The van der Waals surface area contributed by atoms with Crippen LogP contribution in [0.1, 0.15) is 33.6 Å². The molecule has 5 nitrogen and oxygen atoms in total. The van der Waals surface area contributed by atoms with E-state index in [1.54, 1.807) is 12.4 Å². The number of aliphatic carboxylic acids is 1. The topological polar surface area (TPSA) is 75.1 Å². The van der Waals surface area contributed by atoms with E-state index in [1.807, 2.05) is 0 Å². The molecule has 1 aromatic heterocycles. The van der Waals surface area contributed by atoms with Gasteiger partial charge in [0.05, 0.1) is 18.1 Å². The van der Waals surface area contributed by atoms with E-state index in [1.165, 1.54) is 6.33 Å². The first-order chi connectivity index (χ1) is 7.88. The van der Waals surface area contributed by atoms with Crippen molar-refractivity contribution in [2.24, 2.45) is 5.41 Å². The highest BCUT2D eigenvalue weighted by molar-refractivity contribution is 5.77. The first-order valence-corrected chi connectivity index (χ1v) is 5.63. The number of nitrogens with zero attached hydrogens (tertiary/aromatic N) is 2. The minimum atomic E-state index is -0.849. The molecule has 5 heteroatoms. The van der Waals surface area contributed by atoms with Crippen molar-refractivity contribution in [2.45, 2.75) is 39.7 Å². The zero-order valence-corrected chi connectivity index (χ0v) is 10.5. The van der Waals surface area contributed by atoms with Gasteiger partial charge in [0.15, 0.2) is 0 Å². The molecule has 1 heterocycles. The molecule has 0 amide bonds. The third kappa shape index (κ3) is 5.29. The number of nitrogens with one attached hydrogen (secondary N) is 1. The molecular weight excluding hydrogens is 218 g/mol. The Balaban J connectivity index is 2.59. The average Bonchev–Trinajstić information content (AvgIpc) is 2.24. The van der Waals surface area contributed by atoms with Crippen molar-refractivity contribution in [1.82, 2.24) is 9.97 Å². The fourth-order valence-electron chi connectivity index (χ4n) is 1.41. The van der Waals surface area contributed by atoms with Crippen LogP contribution in [0.5, 0.6) is 0 Å². The van der Waals surface area contributed by atoms with Gasteiger partial charge in [0, 0.05) is 0 Å². The third-order valence-electron chi connectivity index (χ3n) is 2.38. The highest BCUT2D eigenvalue weighted by Crippen LogP contribution is 2.22. The fraction of sp³-hybridized carbons (Fsp3) is 0.583. The fourth-order valence-corrected chi connectivity index (χ4v) is 1.41. The van der Waals surface area contributed by atoms with E-state index in [0.717, 1.165) is 6.42 Å². The van der Waals surface area contributed by atoms with Gasteiger partial charge in [0.2, 0.25) is 0 Å². The highest BCUT2D eigenvalue weighted by atomic mass is 16.4. The zero-order valence-electron chi connectivity index (χ0n) is 10.5. The van der Waals surface area contributed by atoms with E-state index in [2.05, 4.69) is 36.1 Å². The smallest absolute Gasteiger partial charge is 0.326 e. The van der Waals surface area contributed by atoms with Crippen LogP contribution in [0, 0.1) is 5.41 Å². The van der Waals surface area contributed by atoms with Gasteiger partial charge in [-0.05, 0) is 18.3 Å². The number of hydrogen-bond donors (Lipinski definition) is 2. The summed E-state index contributed by atoms with van der Waals surface area (Å²) < 4.78 is 0. The Hall–Kier alpha value is -1.65. The predicted octanol–water partition coefficient (Wildman–Crippen LogP) is 2.17. The number of carbonyl (C=O) groups is 1. The monoisotopic (exact) mass is 237 g/mol. The first-order valence-electron chi connectivity index (χ1n) is 5.63. The maximum atomic E-state index is 11.1. The second-order valence-corrected chi connectivity index (χ2v) is 5.26. The summed E-state index contributed by atoms with van der Waals surface area (Å²) in [6, 6.07) is -0.597. The Labute approximate surface area is 101 Å². The van der Waals surface area contributed by atoms with Crippen LogP contribution in [0.3, 0.4) is 0 Å². The molecule has 17 heavy (non-hydrogen) atoms. The van der Waals surface area contributed by atoms with Crippen LogP contribution in [0.25, 0.3) is 0 Å². The van der Waals surface area contributed by atoms with E-state index in [4.69, 9.17) is 5.11 Å². The lowest BCUT2D eigenvalue weighted by Gasteiger charge is -2.22. The Morgan fingerprint density at radius 2 is 2.00 bits per heavy atom. The summed E-state index contributed by atoms with van der Waals surface area (Å²) in [7, 11) is 0. The number of aromatic nitrogens is 2. The van der Waals surface area contributed by atoms with Crippen molar-refractivity contribution < 1.29 is 9.90 Å². The quantitative estimate of drug-likeness (QED) is 0.820. The average molecular weight is 237 g/mol. The van der Waals surface area contributed by atoms with Gasteiger partial charge in [-0.15, -0.1) is 0 Å². The van der Waals surface area contributed by atoms with E-state index < -0.39 is 12.0 Å². The molecule has 0 saturated heterocycles. The summed E-state index contributed by atoms with van der Waals surface area (Å²) in [5, 5.41) is 12.1. The number of rotatable bonds is 5. The van der Waals surface area contributed by atoms with Crippen molar-refractivity contribution in [3.63, 3.8) is 0 Å². The van der Waals surface area contributed by atoms with Gasteiger partial charge in [-0.2, -0.15) is 0 Å². The summed E-state index contributed by atoms with van der Waals surface area (Å²) in [6.45, 7) is 6.28. The normalized spacial score (nSPS) is 13.1. The number of anilines is 1. The maximum Gasteiger partial charge on any atom is 0.326 e. The highest BCUT2D eigenvalue weighted by Gasteiger charge is 2.20. The van der Waals surface area contributed by atoms with Crippen LogP contribution >= 0.6 is 0 Å². The molecule has 0 bridgehead atoms. The van der Waals surface area contributed by atoms with E-state index in [9.17, 15) is 4.79 Å². The summed E-state index contributed by atoms with van der Waals surface area (Å²) in [5.41, 5.74) is 0.761. The minimum absolute atomic E-state index is 0.128. The van der Waals surface area contributed by atoms with Crippen LogP contribution in [0.2, 0.25) is 0 Å². The van der Waals surface area contributed by atoms with Crippen molar-refractivity contribution in [3.8, 4) is 0 Å². The Morgan fingerprint density at radius 3 is 2.47 bits per heavy atom. The zero-order chi connectivity index (χ0) is 12.9. The molecule has 0 saturated carbocycles. The molecule has 1 aromatic rings. The number of carboxylic acid groups (broad SMARTS) is 1. The minimum Gasteiger partial charge on any atom is -0.480 e. The maximum absolute atomic E-state index is 11.1. The van der Waals surface area contributed by atoms with Crippen LogP contribution in [-0.4, -0.2) is 27.1 Å². The summed E-state index contributed by atoms with van der Waals surface area (Å²) >= 11 is 0. The Morgan fingerprint density at radius 1 is 1.41 bits per heavy atom. The summed E-state index contributed by atoms with van der Waals surface area (Å²) in [5.74, 6) is -0.849. The van der Waals surface area contributed by atoms with Crippen LogP contribution in [0.4, 0.5) is 5.69 Å².